The van der Waals surface area contributed by atoms with Gasteiger partial charge in [0.1, 0.15) is 0 Å². The van der Waals surface area contributed by atoms with E-state index in [1.54, 1.807) is 0 Å². The van der Waals surface area contributed by atoms with Gasteiger partial charge in [-0.3, -0.25) is 0 Å². The Morgan fingerprint density at radius 3 is 2.35 bits per heavy atom. The van der Waals surface area contributed by atoms with Crippen molar-refractivity contribution in [3.8, 4) is 0 Å². The Morgan fingerprint density at radius 1 is 1.15 bits per heavy atom. The van der Waals surface area contributed by atoms with E-state index in [0.717, 1.165) is 12.5 Å². The molecule has 0 saturated heterocycles. The summed E-state index contributed by atoms with van der Waals surface area (Å²) < 4.78 is 0. The van der Waals surface area contributed by atoms with Crippen LogP contribution in [0.3, 0.4) is 0 Å². The molecule has 3 unspecified atom stereocenters. The molecule has 1 aliphatic carbocycles. The lowest BCUT2D eigenvalue weighted by Gasteiger charge is -2.45. The van der Waals surface area contributed by atoms with Gasteiger partial charge in [0, 0.05) is 18.8 Å². The van der Waals surface area contributed by atoms with Crippen molar-refractivity contribution in [1.29, 1.82) is 0 Å². The Labute approximate surface area is 124 Å². The number of nitrogens with zero attached hydrogens (tertiary/aromatic N) is 1. The van der Waals surface area contributed by atoms with Crippen molar-refractivity contribution in [2.24, 2.45) is 23.0 Å². The molecule has 1 saturated carbocycles. The van der Waals surface area contributed by atoms with Gasteiger partial charge in [0.25, 0.3) is 0 Å². The van der Waals surface area contributed by atoms with Gasteiger partial charge >= 0.3 is 0 Å². The molecule has 1 aromatic rings. The van der Waals surface area contributed by atoms with Crippen molar-refractivity contribution in [1.82, 2.24) is 0 Å². The molecule has 0 aromatic heterocycles. The van der Waals surface area contributed by atoms with Crippen molar-refractivity contribution in [3.63, 3.8) is 0 Å². The first-order valence-corrected chi connectivity index (χ1v) is 7.91. The Kier molecular flexibility index (Phi) is 4.74. The minimum atomic E-state index is 0.398. The molecule has 2 N–H and O–H groups in total. The highest BCUT2D eigenvalue weighted by Crippen LogP contribution is 2.41. The molecule has 0 radical (unpaired) electrons. The zero-order valence-corrected chi connectivity index (χ0v) is 13.5. The molecule has 0 bridgehead atoms. The van der Waals surface area contributed by atoms with Crippen LogP contribution in [0.15, 0.2) is 30.3 Å². The summed E-state index contributed by atoms with van der Waals surface area (Å²) in [6, 6.07) is 11.3. The zero-order chi connectivity index (χ0) is 14.8. The monoisotopic (exact) mass is 274 g/mol. The average molecular weight is 274 g/mol. The molecule has 0 spiro atoms. The molecule has 1 aromatic carbocycles. The second-order valence-electron chi connectivity index (χ2n) is 7.39. The van der Waals surface area contributed by atoms with Crippen LogP contribution in [-0.2, 0) is 0 Å². The highest BCUT2D eigenvalue weighted by atomic mass is 15.1. The fourth-order valence-corrected chi connectivity index (χ4v) is 3.60. The number of hydrogen-bond donors (Lipinski definition) is 1. The van der Waals surface area contributed by atoms with E-state index < -0.39 is 0 Å². The Hall–Kier alpha value is -1.02. The van der Waals surface area contributed by atoms with Crippen molar-refractivity contribution < 1.29 is 0 Å². The summed E-state index contributed by atoms with van der Waals surface area (Å²) in [6.45, 7) is 7.93. The molecule has 20 heavy (non-hydrogen) atoms. The summed E-state index contributed by atoms with van der Waals surface area (Å²) >= 11 is 0. The quantitative estimate of drug-likeness (QED) is 0.905. The molecule has 3 atom stereocenters. The zero-order valence-electron chi connectivity index (χ0n) is 13.5. The molecule has 112 valence electrons. The summed E-state index contributed by atoms with van der Waals surface area (Å²) in [6.07, 6.45) is 3.85. The molecule has 0 amide bonds. The normalized spacial score (nSPS) is 27.4. The molecular formula is C18H30N2. The van der Waals surface area contributed by atoms with Gasteiger partial charge in [0.2, 0.25) is 0 Å². The van der Waals surface area contributed by atoms with Crippen LogP contribution in [0.25, 0.3) is 0 Å². The maximum absolute atomic E-state index is 6.04. The summed E-state index contributed by atoms with van der Waals surface area (Å²) in [5.41, 5.74) is 7.75. The Balaban J connectivity index is 2.17. The number of nitrogens with two attached hydrogens (primary N) is 1. The van der Waals surface area contributed by atoms with Crippen molar-refractivity contribution in [2.45, 2.75) is 46.1 Å². The average Bonchev–Trinajstić information content (AvgIpc) is 2.45. The maximum Gasteiger partial charge on any atom is 0.0366 e. The van der Waals surface area contributed by atoms with Gasteiger partial charge < -0.3 is 10.6 Å². The predicted molar refractivity (Wildman–Crippen MR) is 88.0 cm³/mol. The largest absolute Gasteiger partial charge is 0.371 e. The first kappa shape index (κ1) is 15.4. The summed E-state index contributed by atoms with van der Waals surface area (Å²) in [5.74, 6) is 1.42. The van der Waals surface area contributed by atoms with E-state index in [9.17, 15) is 0 Å². The second kappa shape index (κ2) is 6.17. The van der Waals surface area contributed by atoms with Gasteiger partial charge in [-0.05, 0) is 55.2 Å². The summed E-state index contributed by atoms with van der Waals surface area (Å²) in [5, 5.41) is 0. The minimum Gasteiger partial charge on any atom is -0.371 e. The minimum absolute atomic E-state index is 0.398. The van der Waals surface area contributed by atoms with E-state index in [4.69, 9.17) is 5.73 Å². The first-order valence-electron chi connectivity index (χ1n) is 7.91. The SMILES string of the molecule is CN(c1ccccc1)C1CC(C(C)(C)C)CCC1CN. The third-order valence-corrected chi connectivity index (χ3v) is 5.14. The fourth-order valence-electron chi connectivity index (χ4n) is 3.60. The van der Waals surface area contributed by atoms with Crippen LogP contribution in [0.2, 0.25) is 0 Å². The summed E-state index contributed by atoms with van der Waals surface area (Å²) in [4.78, 5) is 2.45. The van der Waals surface area contributed by atoms with Crippen molar-refractivity contribution >= 4 is 5.69 Å². The fraction of sp³-hybridized carbons (Fsp3) is 0.667. The lowest BCUT2D eigenvalue weighted by molar-refractivity contribution is 0.132. The maximum atomic E-state index is 6.04. The topological polar surface area (TPSA) is 29.3 Å². The Morgan fingerprint density at radius 2 is 1.80 bits per heavy atom. The van der Waals surface area contributed by atoms with E-state index in [1.165, 1.54) is 24.9 Å². The van der Waals surface area contributed by atoms with Gasteiger partial charge in [0.15, 0.2) is 0 Å². The number of anilines is 1. The molecule has 0 heterocycles. The lowest BCUT2D eigenvalue weighted by Crippen LogP contribution is -2.47. The van der Waals surface area contributed by atoms with Crippen LogP contribution < -0.4 is 10.6 Å². The van der Waals surface area contributed by atoms with Gasteiger partial charge in [-0.25, -0.2) is 0 Å². The molecule has 0 aliphatic heterocycles. The molecule has 2 nitrogen and oxygen atoms in total. The van der Waals surface area contributed by atoms with E-state index in [0.29, 0.717) is 17.4 Å². The van der Waals surface area contributed by atoms with E-state index in [1.807, 2.05) is 0 Å². The van der Waals surface area contributed by atoms with Crippen LogP contribution in [-0.4, -0.2) is 19.6 Å². The highest BCUT2D eigenvalue weighted by Gasteiger charge is 2.37. The number of rotatable bonds is 3. The number of benzene rings is 1. The summed E-state index contributed by atoms with van der Waals surface area (Å²) in [7, 11) is 2.23. The standard InChI is InChI=1S/C18H30N2/c1-18(2,3)15-11-10-14(13-19)17(12-15)20(4)16-8-6-5-7-9-16/h5-9,14-15,17H,10-13,19H2,1-4H3. The lowest BCUT2D eigenvalue weighted by atomic mass is 9.67. The predicted octanol–water partition coefficient (Wildman–Crippen LogP) is 3.91. The van der Waals surface area contributed by atoms with Crippen LogP contribution in [0.4, 0.5) is 5.69 Å². The first-order chi connectivity index (χ1) is 9.43. The van der Waals surface area contributed by atoms with E-state index in [2.05, 4.69) is 63.1 Å². The third-order valence-electron chi connectivity index (χ3n) is 5.14. The van der Waals surface area contributed by atoms with Crippen molar-refractivity contribution in [2.75, 3.05) is 18.5 Å². The van der Waals surface area contributed by atoms with Crippen molar-refractivity contribution in [3.05, 3.63) is 30.3 Å². The molecular weight excluding hydrogens is 244 g/mol. The second-order valence-corrected chi connectivity index (χ2v) is 7.39. The van der Waals surface area contributed by atoms with Gasteiger partial charge in [0.05, 0.1) is 0 Å². The molecule has 2 rings (SSSR count). The van der Waals surface area contributed by atoms with E-state index in [-0.39, 0.29) is 0 Å². The van der Waals surface area contributed by atoms with E-state index >= 15 is 0 Å². The Bertz CT molecular complexity index is 407. The third kappa shape index (κ3) is 3.35. The van der Waals surface area contributed by atoms with Gasteiger partial charge in [-0.2, -0.15) is 0 Å². The number of para-hydroxylation sites is 1. The number of hydrogen-bond acceptors (Lipinski definition) is 2. The smallest absolute Gasteiger partial charge is 0.0366 e. The molecule has 2 heteroatoms. The van der Waals surface area contributed by atoms with Crippen LogP contribution >= 0.6 is 0 Å². The molecule has 1 fully saturated rings. The highest BCUT2D eigenvalue weighted by molar-refractivity contribution is 5.46. The molecule has 1 aliphatic rings. The van der Waals surface area contributed by atoms with Crippen LogP contribution in [0, 0.1) is 17.3 Å². The van der Waals surface area contributed by atoms with Gasteiger partial charge in [-0.15, -0.1) is 0 Å². The van der Waals surface area contributed by atoms with Crippen LogP contribution in [0.5, 0.6) is 0 Å². The van der Waals surface area contributed by atoms with Crippen LogP contribution in [0.1, 0.15) is 40.0 Å². The van der Waals surface area contributed by atoms with Gasteiger partial charge in [-0.1, -0.05) is 39.0 Å².